The summed E-state index contributed by atoms with van der Waals surface area (Å²) in [5, 5.41) is 24.8. The van der Waals surface area contributed by atoms with E-state index in [0.29, 0.717) is 27.5 Å². The van der Waals surface area contributed by atoms with Gasteiger partial charge in [0.15, 0.2) is 0 Å². The first-order chi connectivity index (χ1) is 14.1. The van der Waals surface area contributed by atoms with Crippen molar-refractivity contribution in [2.45, 2.75) is 5.92 Å². The summed E-state index contributed by atoms with van der Waals surface area (Å²) in [4.78, 5) is 12.2. The van der Waals surface area contributed by atoms with Gasteiger partial charge in [-0.15, -0.1) is 0 Å². The Kier molecular flexibility index (Phi) is 6.47. The van der Waals surface area contributed by atoms with Crippen LogP contribution in [0.4, 0.5) is 11.4 Å². The number of nitrogens with zero attached hydrogens (tertiary/aromatic N) is 2. The number of hydrogen-bond acceptors (Lipinski definition) is 4. The second kappa shape index (κ2) is 9.41. The monoisotopic (exact) mass is 400 g/mol. The van der Waals surface area contributed by atoms with E-state index in [-0.39, 0.29) is 12.5 Å². The molecule has 1 amide bonds. The number of para-hydroxylation sites is 1. The highest BCUT2D eigenvalue weighted by Gasteiger charge is 2.17. The molecule has 0 spiro atoms. The van der Waals surface area contributed by atoms with E-state index in [0.717, 1.165) is 5.56 Å². The molecule has 2 N–H and O–H groups in total. The normalized spacial score (nSPS) is 11.0. The molecular weight excluding hydrogens is 384 g/mol. The van der Waals surface area contributed by atoms with Crippen LogP contribution in [0.15, 0.2) is 72.8 Å². The molecule has 5 nitrogen and oxygen atoms in total. The number of rotatable bonds is 6. The van der Waals surface area contributed by atoms with Crippen molar-refractivity contribution >= 4 is 28.9 Å². The molecule has 6 heteroatoms. The van der Waals surface area contributed by atoms with Gasteiger partial charge in [0.05, 0.1) is 29.8 Å². The van der Waals surface area contributed by atoms with Gasteiger partial charge in [-0.3, -0.25) is 4.79 Å². The minimum atomic E-state index is -0.469. The van der Waals surface area contributed by atoms with Crippen LogP contribution in [0.2, 0.25) is 5.02 Å². The second-order valence-electron chi connectivity index (χ2n) is 6.27. The number of benzene rings is 3. The second-order valence-corrected chi connectivity index (χ2v) is 6.68. The molecule has 0 saturated carbocycles. The van der Waals surface area contributed by atoms with Crippen LogP contribution in [0, 0.1) is 22.7 Å². The Labute approximate surface area is 174 Å². The summed E-state index contributed by atoms with van der Waals surface area (Å²) in [5.74, 6) is -0.754. The van der Waals surface area contributed by atoms with Gasteiger partial charge in [0.2, 0.25) is 5.91 Å². The van der Waals surface area contributed by atoms with Gasteiger partial charge in [-0.05, 0) is 35.4 Å². The third-order valence-corrected chi connectivity index (χ3v) is 4.68. The number of carbonyl (C=O) groups excluding carboxylic acids is 1. The SMILES string of the molecule is N#Cc1ccccc1NC(=O)CNc1ccc([C@@H](C#N)c2ccccc2)c(Cl)c1. The fourth-order valence-electron chi connectivity index (χ4n) is 2.91. The van der Waals surface area contributed by atoms with Gasteiger partial charge in [0.1, 0.15) is 6.07 Å². The van der Waals surface area contributed by atoms with Crippen LogP contribution in [0.3, 0.4) is 0 Å². The Morgan fingerprint density at radius 3 is 2.41 bits per heavy atom. The molecule has 29 heavy (non-hydrogen) atoms. The van der Waals surface area contributed by atoms with E-state index in [2.05, 4.69) is 16.7 Å². The van der Waals surface area contributed by atoms with Crippen LogP contribution in [0.1, 0.15) is 22.6 Å². The van der Waals surface area contributed by atoms with Gasteiger partial charge >= 0.3 is 0 Å². The maximum Gasteiger partial charge on any atom is 0.243 e. The van der Waals surface area contributed by atoms with Crippen molar-refractivity contribution in [3.8, 4) is 12.1 Å². The first kappa shape index (κ1) is 19.9. The van der Waals surface area contributed by atoms with E-state index >= 15 is 0 Å². The van der Waals surface area contributed by atoms with Crippen LogP contribution in [0.5, 0.6) is 0 Å². The van der Waals surface area contributed by atoms with Crippen LogP contribution in [-0.2, 0) is 4.79 Å². The highest BCUT2D eigenvalue weighted by molar-refractivity contribution is 6.31. The largest absolute Gasteiger partial charge is 0.376 e. The molecule has 3 rings (SSSR count). The maximum atomic E-state index is 12.2. The molecule has 3 aromatic carbocycles. The smallest absolute Gasteiger partial charge is 0.243 e. The van der Waals surface area contributed by atoms with Crippen LogP contribution >= 0.6 is 11.6 Å². The number of halogens is 1. The van der Waals surface area contributed by atoms with Gasteiger partial charge < -0.3 is 10.6 Å². The molecular formula is C23H17ClN4O. The number of carbonyl (C=O) groups is 1. The summed E-state index contributed by atoms with van der Waals surface area (Å²) in [5.41, 5.74) is 3.10. The fourth-order valence-corrected chi connectivity index (χ4v) is 3.20. The first-order valence-electron chi connectivity index (χ1n) is 8.89. The zero-order valence-corrected chi connectivity index (χ0v) is 16.1. The summed E-state index contributed by atoms with van der Waals surface area (Å²) in [7, 11) is 0. The number of nitrogens with one attached hydrogen (secondary N) is 2. The molecule has 0 unspecified atom stereocenters. The maximum absolute atomic E-state index is 12.2. The van der Waals surface area contributed by atoms with Crippen molar-refractivity contribution in [2.24, 2.45) is 0 Å². The van der Waals surface area contributed by atoms with Gasteiger partial charge in [-0.25, -0.2) is 0 Å². The predicted octanol–water partition coefficient (Wildman–Crippen LogP) is 4.92. The zero-order chi connectivity index (χ0) is 20.6. The Morgan fingerprint density at radius 2 is 1.72 bits per heavy atom. The lowest BCUT2D eigenvalue weighted by atomic mass is 9.92. The molecule has 0 aliphatic rings. The Bertz CT molecular complexity index is 1100. The van der Waals surface area contributed by atoms with Crippen molar-refractivity contribution in [2.75, 3.05) is 17.2 Å². The van der Waals surface area contributed by atoms with E-state index in [4.69, 9.17) is 16.9 Å². The molecule has 0 saturated heterocycles. The third kappa shape index (κ3) is 4.93. The number of amides is 1. The summed E-state index contributed by atoms with van der Waals surface area (Å²) < 4.78 is 0. The fraction of sp³-hybridized carbons (Fsp3) is 0.0870. The molecule has 0 aliphatic heterocycles. The van der Waals surface area contributed by atoms with Crippen molar-refractivity contribution in [3.05, 3.63) is 94.5 Å². The number of nitriles is 2. The Hall–Kier alpha value is -3.80. The minimum absolute atomic E-state index is 0.00972. The molecule has 3 aromatic rings. The molecule has 0 fully saturated rings. The molecule has 0 aliphatic carbocycles. The number of anilines is 2. The summed E-state index contributed by atoms with van der Waals surface area (Å²) in [6.07, 6.45) is 0. The molecule has 0 bridgehead atoms. The van der Waals surface area contributed by atoms with E-state index < -0.39 is 5.92 Å². The summed E-state index contributed by atoms with van der Waals surface area (Å²) in [6, 6.07) is 25.8. The molecule has 1 atom stereocenters. The van der Waals surface area contributed by atoms with Crippen LogP contribution < -0.4 is 10.6 Å². The molecule has 0 radical (unpaired) electrons. The first-order valence-corrected chi connectivity index (χ1v) is 9.27. The lowest BCUT2D eigenvalue weighted by Gasteiger charge is -2.14. The molecule has 142 valence electrons. The Morgan fingerprint density at radius 1 is 1.00 bits per heavy atom. The van der Waals surface area contributed by atoms with E-state index in [1.54, 1.807) is 42.5 Å². The lowest BCUT2D eigenvalue weighted by Crippen LogP contribution is -2.22. The topological polar surface area (TPSA) is 88.7 Å². The average molecular weight is 401 g/mol. The van der Waals surface area contributed by atoms with Gasteiger partial charge in [-0.2, -0.15) is 10.5 Å². The molecule has 0 heterocycles. The van der Waals surface area contributed by atoms with Crippen molar-refractivity contribution in [1.29, 1.82) is 10.5 Å². The minimum Gasteiger partial charge on any atom is -0.376 e. The van der Waals surface area contributed by atoms with Crippen molar-refractivity contribution in [3.63, 3.8) is 0 Å². The zero-order valence-electron chi connectivity index (χ0n) is 15.4. The van der Waals surface area contributed by atoms with Crippen molar-refractivity contribution < 1.29 is 4.79 Å². The van der Waals surface area contributed by atoms with Gasteiger partial charge in [0.25, 0.3) is 0 Å². The lowest BCUT2D eigenvalue weighted by molar-refractivity contribution is -0.114. The summed E-state index contributed by atoms with van der Waals surface area (Å²) >= 11 is 6.41. The van der Waals surface area contributed by atoms with Gasteiger partial charge in [-0.1, -0.05) is 60.1 Å². The van der Waals surface area contributed by atoms with E-state index in [9.17, 15) is 10.1 Å². The quantitative estimate of drug-likeness (QED) is 0.614. The highest BCUT2D eigenvalue weighted by atomic mass is 35.5. The van der Waals surface area contributed by atoms with Crippen LogP contribution in [0.25, 0.3) is 0 Å². The molecule has 0 aromatic heterocycles. The van der Waals surface area contributed by atoms with Crippen LogP contribution in [-0.4, -0.2) is 12.5 Å². The Balaban J connectivity index is 1.67. The number of hydrogen-bond donors (Lipinski definition) is 2. The highest BCUT2D eigenvalue weighted by Crippen LogP contribution is 2.31. The van der Waals surface area contributed by atoms with E-state index in [1.807, 2.05) is 36.4 Å². The average Bonchev–Trinajstić information content (AvgIpc) is 2.75. The van der Waals surface area contributed by atoms with Crippen molar-refractivity contribution in [1.82, 2.24) is 0 Å². The van der Waals surface area contributed by atoms with Gasteiger partial charge in [0, 0.05) is 10.7 Å². The predicted molar refractivity (Wildman–Crippen MR) is 114 cm³/mol. The standard InChI is InChI=1S/C23H17ClN4O/c24-21-12-18(10-11-19(21)20(14-26)16-6-2-1-3-7-16)27-15-23(29)28-22-9-5-4-8-17(22)13-25/h1-12,20,27H,15H2,(H,28,29)/t20-/m0/s1. The summed E-state index contributed by atoms with van der Waals surface area (Å²) in [6.45, 7) is 0.00972. The third-order valence-electron chi connectivity index (χ3n) is 4.35. The van der Waals surface area contributed by atoms with E-state index in [1.165, 1.54) is 0 Å².